The minimum atomic E-state index is -0.800. The van der Waals surface area contributed by atoms with E-state index in [1.807, 2.05) is 37.3 Å². The number of para-hydroxylation sites is 1. The molecule has 0 spiro atoms. The number of rotatable bonds is 7. The van der Waals surface area contributed by atoms with Gasteiger partial charge in [0.15, 0.2) is 0 Å². The van der Waals surface area contributed by atoms with Crippen molar-refractivity contribution in [3.8, 4) is 5.75 Å². The summed E-state index contributed by atoms with van der Waals surface area (Å²) in [6.07, 6.45) is -0.800. The summed E-state index contributed by atoms with van der Waals surface area (Å²) in [5.74, 6) is -0.239. The Morgan fingerprint density at radius 3 is 2.31 bits per heavy atom. The second kappa shape index (κ2) is 10.8. The number of hydrogen-bond donors (Lipinski definition) is 2. The Balaban J connectivity index is 1.63. The Kier molecular flexibility index (Phi) is 7.59. The molecule has 164 valence electrons. The highest BCUT2D eigenvalue weighted by molar-refractivity contribution is 6.04. The maximum Gasteiger partial charge on any atom is 0.513 e. The number of hydrogen-bond acceptors (Lipinski definition) is 5. The molecule has 0 aromatic heterocycles. The Labute approximate surface area is 186 Å². The maximum atomic E-state index is 12.7. The first-order valence-electron chi connectivity index (χ1n) is 10.1. The molecule has 0 aliphatic heterocycles. The molecule has 7 heteroatoms. The molecule has 0 saturated carbocycles. The van der Waals surface area contributed by atoms with Gasteiger partial charge in [-0.05, 0) is 61.9 Å². The minimum Gasteiger partial charge on any atom is -0.434 e. The highest BCUT2D eigenvalue weighted by Crippen LogP contribution is 2.18. The van der Waals surface area contributed by atoms with E-state index in [1.165, 1.54) is 12.1 Å². The third-order valence-corrected chi connectivity index (χ3v) is 4.57. The van der Waals surface area contributed by atoms with Gasteiger partial charge in [0, 0.05) is 23.4 Å². The largest absolute Gasteiger partial charge is 0.513 e. The van der Waals surface area contributed by atoms with Crippen molar-refractivity contribution >= 4 is 23.7 Å². The van der Waals surface area contributed by atoms with Gasteiger partial charge >= 0.3 is 6.16 Å². The summed E-state index contributed by atoms with van der Waals surface area (Å²) in [5.41, 5.74) is 3.33. The Morgan fingerprint density at radius 1 is 0.844 bits per heavy atom. The zero-order chi connectivity index (χ0) is 22.9. The molecule has 3 rings (SSSR count). The van der Waals surface area contributed by atoms with E-state index in [0.29, 0.717) is 16.8 Å². The van der Waals surface area contributed by atoms with Crippen LogP contribution in [0.3, 0.4) is 0 Å². The maximum absolute atomic E-state index is 12.7. The standard InChI is InChI=1S/C25H24N2O5/c1-3-31-25(30)32-21-13-11-18(12-14-21)24(29)27-22-10-5-4-8-20(22)16-26-23(28)19-9-6-7-17(2)15-19/h4-15H,3,16H2,1-2H3,(H,26,28)(H,27,29). The van der Waals surface area contributed by atoms with Crippen molar-refractivity contribution in [1.29, 1.82) is 0 Å². The zero-order valence-electron chi connectivity index (χ0n) is 17.9. The number of ether oxygens (including phenoxy) is 2. The van der Waals surface area contributed by atoms with Crippen LogP contribution in [0.5, 0.6) is 5.75 Å². The minimum absolute atomic E-state index is 0.188. The number of amides is 2. The van der Waals surface area contributed by atoms with Crippen molar-refractivity contribution in [2.45, 2.75) is 20.4 Å². The second-order valence-electron chi connectivity index (χ2n) is 6.97. The summed E-state index contributed by atoms with van der Waals surface area (Å²) in [6.45, 7) is 4.08. The van der Waals surface area contributed by atoms with Crippen LogP contribution >= 0.6 is 0 Å². The van der Waals surface area contributed by atoms with Gasteiger partial charge in [-0.15, -0.1) is 0 Å². The summed E-state index contributed by atoms with van der Waals surface area (Å²) in [5, 5.41) is 5.74. The van der Waals surface area contributed by atoms with Crippen LogP contribution in [0.4, 0.5) is 10.5 Å². The third-order valence-electron chi connectivity index (χ3n) is 4.57. The molecule has 7 nitrogen and oxygen atoms in total. The third kappa shape index (κ3) is 6.18. The fourth-order valence-corrected chi connectivity index (χ4v) is 2.97. The van der Waals surface area contributed by atoms with Crippen molar-refractivity contribution < 1.29 is 23.9 Å². The van der Waals surface area contributed by atoms with Crippen molar-refractivity contribution in [3.63, 3.8) is 0 Å². The van der Waals surface area contributed by atoms with Gasteiger partial charge in [-0.1, -0.05) is 35.9 Å². The van der Waals surface area contributed by atoms with Gasteiger partial charge in [-0.25, -0.2) is 4.79 Å². The van der Waals surface area contributed by atoms with E-state index < -0.39 is 6.16 Å². The lowest BCUT2D eigenvalue weighted by molar-refractivity contribution is 0.0949. The average molecular weight is 432 g/mol. The topological polar surface area (TPSA) is 93.7 Å². The lowest BCUT2D eigenvalue weighted by Gasteiger charge is -2.12. The number of aryl methyl sites for hydroxylation is 1. The second-order valence-corrected chi connectivity index (χ2v) is 6.97. The van der Waals surface area contributed by atoms with Crippen LogP contribution in [0.15, 0.2) is 72.8 Å². The van der Waals surface area contributed by atoms with E-state index in [1.54, 1.807) is 37.3 Å². The zero-order valence-corrected chi connectivity index (χ0v) is 17.9. The van der Waals surface area contributed by atoms with Gasteiger partial charge in [-0.2, -0.15) is 0 Å². The van der Waals surface area contributed by atoms with Gasteiger partial charge in [0.1, 0.15) is 5.75 Å². The van der Waals surface area contributed by atoms with E-state index in [9.17, 15) is 14.4 Å². The van der Waals surface area contributed by atoms with Gasteiger partial charge in [-0.3, -0.25) is 9.59 Å². The summed E-state index contributed by atoms with van der Waals surface area (Å²) < 4.78 is 9.71. The van der Waals surface area contributed by atoms with Crippen LogP contribution in [0.2, 0.25) is 0 Å². The fourth-order valence-electron chi connectivity index (χ4n) is 2.97. The molecule has 3 aromatic carbocycles. The van der Waals surface area contributed by atoms with E-state index >= 15 is 0 Å². The molecule has 0 radical (unpaired) electrons. The van der Waals surface area contributed by atoms with Crippen LogP contribution < -0.4 is 15.4 Å². The molecule has 3 aromatic rings. The van der Waals surface area contributed by atoms with Crippen molar-refractivity contribution in [3.05, 3.63) is 95.1 Å². The normalized spacial score (nSPS) is 10.2. The molecule has 0 aliphatic carbocycles. The average Bonchev–Trinajstić information content (AvgIpc) is 2.79. The van der Waals surface area contributed by atoms with Gasteiger partial charge in [0.25, 0.3) is 11.8 Å². The van der Waals surface area contributed by atoms with Crippen LogP contribution in [-0.2, 0) is 11.3 Å². The van der Waals surface area contributed by atoms with Gasteiger partial charge in [0.2, 0.25) is 0 Å². The molecule has 32 heavy (non-hydrogen) atoms. The van der Waals surface area contributed by atoms with E-state index in [2.05, 4.69) is 10.6 Å². The monoisotopic (exact) mass is 432 g/mol. The van der Waals surface area contributed by atoms with E-state index in [-0.39, 0.29) is 30.7 Å². The molecule has 0 saturated heterocycles. The van der Waals surface area contributed by atoms with Crippen LogP contribution in [0, 0.1) is 6.92 Å². The molecule has 0 unspecified atom stereocenters. The van der Waals surface area contributed by atoms with Gasteiger partial charge in [0.05, 0.1) is 6.61 Å². The summed E-state index contributed by atoms with van der Waals surface area (Å²) in [6, 6.07) is 20.7. The summed E-state index contributed by atoms with van der Waals surface area (Å²) in [7, 11) is 0. The predicted octanol–water partition coefficient (Wildman–Crippen LogP) is 4.71. The first-order valence-corrected chi connectivity index (χ1v) is 10.1. The molecule has 2 amide bonds. The number of benzene rings is 3. The van der Waals surface area contributed by atoms with Crippen molar-refractivity contribution in [2.75, 3.05) is 11.9 Å². The van der Waals surface area contributed by atoms with E-state index in [0.717, 1.165) is 11.1 Å². The Hall–Kier alpha value is -4.13. The molecule has 0 bridgehead atoms. The van der Waals surface area contributed by atoms with Crippen molar-refractivity contribution in [1.82, 2.24) is 5.32 Å². The lowest BCUT2D eigenvalue weighted by Crippen LogP contribution is -2.24. The van der Waals surface area contributed by atoms with Crippen LogP contribution in [-0.4, -0.2) is 24.6 Å². The number of anilines is 1. The molecule has 0 fully saturated rings. The molecule has 0 aliphatic rings. The lowest BCUT2D eigenvalue weighted by atomic mass is 10.1. The van der Waals surface area contributed by atoms with Crippen LogP contribution in [0.25, 0.3) is 0 Å². The summed E-state index contributed by atoms with van der Waals surface area (Å²) in [4.78, 5) is 36.5. The smallest absolute Gasteiger partial charge is 0.434 e. The Morgan fingerprint density at radius 2 is 1.59 bits per heavy atom. The van der Waals surface area contributed by atoms with Crippen molar-refractivity contribution in [2.24, 2.45) is 0 Å². The number of carbonyl (C=O) groups excluding carboxylic acids is 3. The molecule has 0 heterocycles. The number of nitrogens with one attached hydrogen (secondary N) is 2. The highest BCUT2D eigenvalue weighted by atomic mass is 16.7. The van der Waals surface area contributed by atoms with Gasteiger partial charge < -0.3 is 20.1 Å². The molecular formula is C25H24N2O5. The first kappa shape index (κ1) is 22.6. The highest BCUT2D eigenvalue weighted by Gasteiger charge is 2.12. The number of carbonyl (C=O) groups is 3. The summed E-state index contributed by atoms with van der Waals surface area (Å²) >= 11 is 0. The predicted molar refractivity (Wildman–Crippen MR) is 121 cm³/mol. The quantitative estimate of drug-likeness (QED) is 0.416. The van der Waals surface area contributed by atoms with Crippen LogP contribution in [0.1, 0.15) is 38.8 Å². The molecule has 0 atom stereocenters. The SMILES string of the molecule is CCOC(=O)Oc1ccc(C(=O)Nc2ccccc2CNC(=O)c2cccc(C)c2)cc1. The first-order chi connectivity index (χ1) is 15.5. The molecule has 2 N–H and O–H groups in total. The Bertz CT molecular complexity index is 1110. The molecular weight excluding hydrogens is 408 g/mol. The van der Waals surface area contributed by atoms with E-state index in [4.69, 9.17) is 9.47 Å². The fraction of sp³-hybridized carbons (Fsp3) is 0.160.